The molecule has 0 saturated heterocycles. The van der Waals surface area contributed by atoms with E-state index >= 15 is 0 Å². The monoisotopic (exact) mass is 140 g/mol. The van der Waals surface area contributed by atoms with Gasteiger partial charge in [0.2, 0.25) is 0 Å². The van der Waals surface area contributed by atoms with Gasteiger partial charge in [0.15, 0.2) is 0 Å². The SMILES string of the molecule is CCC1CCC(CC)C1C. The Morgan fingerprint density at radius 3 is 1.60 bits per heavy atom. The van der Waals surface area contributed by atoms with Gasteiger partial charge in [-0.1, -0.05) is 33.6 Å². The van der Waals surface area contributed by atoms with Crippen molar-refractivity contribution in [2.45, 2.75) is 46.5 Å². The summed E-state index contributed by atoms with van der Waals surface area (Å²) in [5, 5.41) is 0. The standard InChI is InChI=1S/C10H20/c1-4-9-6-7-10(5-2)8(9)3/h8-10H,4-7H2,1-3H3. The molecule has 1 aliphatic rings. The third-order valence-corrected chi connectivity index (χ3v) is 3.44. The van der Waals surface area contributed by atoms with Gasteiger partial charge >= 0.3 is 0 Å². The van der Waals surface area contributed by atoms with Crippen LogP contribution in [0.25, 0.3) is 0 Å². The largest absolute Gasteiger partial charge is 0.0651 e. The molecule has 0 amide bonds. The topological polar surface area (TPSA) is 0 Å². The molecular weight excluding hydrogens is 120 g/mol. The summed E-state index contributed by atoms with van der Waals surface area (Å²) in [6.45, 7) is 7.10. The Hall–Kier alpha value is 0. The van der Waals surface area contributed by atoms with Crippen LogP contribution in [0.15, 0.2) is 0 Å². The summed E-state index contributed by atoms with van der Waals surface area (Å²) in [5.74, 6) is 3.10. The maximum Gasteiger partial charge on any atom is -0.0386 e. The van der Waals surface area contributed by atoms with E-state index in [0.29, 0.717) is 0 Å². The highest BCUT2D eigenvalue weighted by Crippen LogP contribution is 2.39. The molecule has 0 radical (unpaired) electrons. The van der Waals surface area contributed by atoms with Crippen molar-refractivity contribution in [1.82, 2.24) is 0 Å². The van der Waals surface area contributed by atoms with Crippen LogP contribution in [-0.4, -0.2) is 0 Å². The highest BCUT2D eigenvalue weighted by Gasteiger charge is 2.29. The van der Waals surface area contributed by atoms with Crippen LogP contribution in [0.1, 0.15) is 46.5 Å². The van der Waals surface area contributed by atoms with E-state index in [0.717, 1.165) is 17.8 Å². The van der Waals surface area contributed by atoms with Crippen LogP contribution in [0.3, 0.4) is 0 Å². The molecule has 0 aromatic carbocycles. The van der Waals surface area contributed by atoms with Gasteiger partial charge in [-0.2, -0.15) is 0 Å². The van der Waals surface area contributed by atoms with Crippen molar-refractivity contribution in [3.05, 3.63) is 0 Å². The molecule has 60 valence electrons. The van der Waals surface area contributed by atoms with Crippen molar-refractivity contribution in [3.63, 3.8) is 0 Å². The predicted molar refractivity (Wildman–Crippen MR) is 46.0 cm³/mol. The second-order valence-electron chi connectivity index (χ2n) is 3.77. The van der Waals surface area contributed by atoms with Crippen LogP contribution < -0.4 is 0 Å². The van der Waals surface area contributed by atoms with Crippen molar-refractivity contribution in [2.75, 3.05) is 0 Å². The quantitative estimate of drug-likeness (QED) is 0.551. The van der Waals surface area contributed by atoms with Gasteiger partial charge in [-0.25, -0.2) is 0 Å². The van der Waals surface area contributed by atoms with E-state index in [-0.39, 0.29) is 0 Å². The Labute approximate surface area is 65.0 Å². The van der Waals surface area contributed by atoms with Gasteiger partial charge < -0.3 is 0 Å². The number of rotatable bonds is 2. The van der Waals surface area contributed by atoms with Gasteiger partial charge in [0, 0.05) is 0 Å². The molecule has 0 aromatic rings. The summed E-state index contributed by atoms with van der Waals surface area (Å²) < 4.78 is 0. The van der Waals surface area contributed by atoms with Crippen molar-refractivity contribution in [3.8, 4) is 0 Å². The lowest BCUT2D eigenvalue weighted by atomic mass is 9.88. The summed E-state index contributed by atoms with van der Waals surface area (Å²) in [6, 6.07) is 0. The van der Waals surface area contributed by atoms with Crippen molar-refractivity contribution < 1.29 is 0 Å². The van der Waals surface area contributed by atoms with Crippen molar-refractivity contribution in [1.29, 1.82) is 0 Å². The molecule has 0 N–H and O–H groups in total. The lowest BCUT2D eigenvalue weighted by molar-refractivity contribution is 0.326. The average Bonchev–Trinajstić information content (AvgIpc) is 2.30. The molecule has 1 rings (SSSR count). The first-order valence-corrected chi connectivity index (χ1v) is 4.79. The average molecular weight is 140 g/mol. The van der Waals surface area contributed by atoms with Crippen LogP contribution >= 0.6 is 0 Å². The minimum Gasteiger partial charge on any atom is -0.0651 e. The first-order valence-electron chi connectivity index (χ1n) is 4.79. The third kappa shape index (κ3) is 1.36. The molecule has 0 heterocycles. The van der Waals surface area contributed by atoms with Crippen LogP contribution in [0.5, 0.6) is 0 Å². The van der Waals surface area contributed by atoms with E-state index in [9.17, 15) is 0 Å². The smallest absolute Gasteiger partial charge is 0.0386 e. The van der Waals surface area contributed by atoms with Gasteiger partial charge in [-0.15, -0.1) is 0 Å². The lowest BCUT2D eigenvalue weighted by Gasteiger charge is -2.17. The second kappa shape index (κ2) is 3.41. The zero-order chi connectivity index (χ0) is 7.56. The van der Waals surface area contributed by atoms with Crippen LogP contribution in [0.4, 0.5) is 0 Å². The van der Waals surface area contributed by atoms with Gasteiger partial charge in [0.25, 0.3) is 0 Å². The van der Waals surface area contributed by atoms with Gasteiger partial charge in [0.05, 0.1) is 0 Å². The first kappa shape index (κ1) is 8.10. The molecule has 1 fully saturated rings. The lowest BCUT2D eigenvalue weighted by Crippen LogP contribution is -2.09. The molecule has 1 saturated carbocycles. The fourth-order valence-electron chi connectivity index (χ4n) is 2.49. The summed E-state index contributed by atoms with van der Waals surface area (Å²) in [5.41, 5.74) is 0. The van der Waals surface area contributed by atoms with Crippen LogP contribution in [-0.2, 0) is 0 Å². The Morgan fingerprint density at radius 2 is 1.40 bits per heavy atom. The summed E-state index contributed by atoms with van der Waals surface area (Å²) in [6.07, 6.45) is 5.79. The first-order chi connectivity index (χ1) is 4.79. The Balaban J connectivity index is 2.41. The molecule has 0 spiro atoms. The molecule has 2 atom stereocenters. The summed E-state index contributed by atoms with van der Waals surface area (Å²) >= 11 is 0. The minimum atomic E-state index is 1.01. The minimum absolute atomic E-state index is 1.01. The molecular formula is C10H20. The summed E-state index contributed by atoms with van der Waals surface area (Å²) in [7, 11) is 0. The number of hydrogen-bond acceptors (Lipinski definition) is 0. The third-order valence-electron chi connectivity index (χ3n) is 3.44. The van der Waals surface area contributed by atoms with Crippen molar-refractivity contribution in [2.24, 2.45) is 17.8 Å². The molecule has 0 aromatic heterocycles. The molecule has 2 unspecified atom stereocenters. The Kier molecular flexibility index (Phi) is 2.76. The van der Waals surface area contributed by atoms with Crippen LogP contribution in [0, 0.1) is 17.8 Å². The number of hydrogen-bond donors (Lipinski definition) is 0. The maximum absolute atomic E-state index is 2.44. The normalized spacial score (nSPS) is 40.5. The molecule has 0 bridgehead atoms. The Bertz CT molecular complexity index is 84.2. The molecule has 0 aliphatic heterocycles. The molecule has 10 heavy (non-hydrogen) atoms. The fraction of sp³-hybridized carbons (Fsp3) is 1.00. The fourth-order valence-corrected chi connectivity index (χ4v) is 2.49. The summed E-state index contributed by atoms with van der Waals surface area (Å²) in [4.78, 5) is 0. The maximum atomic E-state index is 2.44. The highest BCUT2D eigenvalue weighted by molar-refractivity contribution is 4.80. The molecule has 0 heteroatoms. The van der Waals surface area contributed by atoms with E-state index in [1.54, 1.807) is 0 Å². The van der Waals surface area contributed by atoms with E-state index in [2.05, 4.69) is 20.8 Å². The second-order valence-corrected chi connectivity index (χ2v) is 3.77. The van der Waals surface area contributed by atoms with E-state index < -0.39 is 0 Å². The van der Waals surface area contributed by atoms with Gasteiger partial charge in [0.1, 0.15) is 0 Å². The van der Waals surface area contributed by atoms with Gasteiger partial charge in [-0.05, 0) is 30.6 Å². The van der Waals surface area contributed by atoms with E-state index in [1.165, 1.54) is 25.7 Å². The van der Waals surface area contributed by atoms with Gasteiger partial charge in [-0.3, -0.25) is 0 Å². The van der Waals surface area contributed by atoms with Crippen molar-refractivity contribution >= 4 is 0 Å². The highest BCUT2D eigenvalue weighted by atomic mass is 14.3. The van der Waals surface area contributed by atoms with Crippen LogP contribution in [0.2, 0.25) is 0 Å². The molecule has 1 aliphatic carbocycles. The zero-order valence-electron chi connectivity index (χ0n) is 7.56. The predicted octanol–water partition coefficient (Wildman–Crippen LogP) is 3.47. The zero-order valence-corrected chi connectivity index (χ0v) is 7.56. The molecule has 0 nitrogen and oxygen atoms in total. The van der Waals surface area contributed by atoms with E-state index in [1.807, 2.05) is 0 Å². The van der Waals surface area contributed by atoms with E-state index in [4.69, 9.17) is 0 Å². The Morgan fingerprint density at radius 1 is 1.00 bits per heavy atom.